The maximum Gasteiger partial charge on any atom is 0.109 e. The second-order valence-corrected chi connectivity index (χ2v) is 6.57. The lowest BCUT2D eigenvalue weighted by molar-refractivity contribution is 0.106. The number of nitrogens with zero attached hydrogens (tertiary/aromatic N) is 3. The van der Waals surface area contributed by atoms with E-state index in [0.29, 0.717) is 6.54 Å². The minimum absolute atomic E-state index is 0.548. The van der Waals surface area contributed by atoms with Gasteiger partial charge in [0, 0.05) is 43.8 Å². The lowest BCUT2D eigenvalue weighted by Crippen LogP contribution is -2.47. The Morgan fingerprint density at radius 2 is 1.56 bits per heavy atom. The molecule has 0 saturated carbocycles. The number of benzene rings is 2. The molecular formula is C21H23N3O. The molecule has 1 atom stereocenters. The fourth-order valence-corrected chi connectivity index (χ4v) is 3.43. The van der Waals surface area contributed by atoms with Crippen molar-refractivity contribution in [1.82, 2.24) is 9.88 Å². The van der Waals surface area contributed by atoms with Crippen LogP contribution in [0.2, 0.25) is 0 Å². The molecule has 25 heavy (non-hydrogen) atoms. The zero-order valence-corrected chi connectivity index (χ0v) is 14.3. The van der Waals surface area contributed by atoms with Crippen LogP contribution in [0.15, 0.2) is 66.7 Å². The molecule has 1 N–H and O–H groups in total. The highest BCUT2D eigenvalue weighted by atomic mass is 16.3. The molecule has 4 nitrogen and oxygen atoms in total. The normalized spacial score (nSPS) is 16.9. The Balaban J connectivity index is 1.37. The van der Waals surface area contributed by atoms with Crippen LogP contribution < -0.4 is 4.90 Å². The minimum atomic E-state index is -0.548. The van der Waals surface area contributed by atoms with Gasteiger partial charge in [0.1, 0.15) is 6.10 Å². The van der Waals surface area contributed by atoms with Crippen LogP contribution in [-0.2, 0) is 0 Å². The second kappa shape index (κ2) is 7.21. The summed E-state index contributed by atoms with van der Waals surface area (Å²) in [4.78, 5) is 9.34. The van der Waals surface area contributed by atoms with Crippen molar-refractivity contribution < 1.29 is 5.11 Å². The summed E-state index contributed by atoms with van der Waals surface area (Å²) in [6, 6.07) is 22.5. The molecule has 0 amide bonds. The van der Waals surface area contributed by atoms with Crippen molar-refractivity contribution >= 4 is 16.6 Å². The number of aliphatic hydroxyl groups excluding tert-OH is 1. The Morgan fingerprint density at radius 1 is 0.840 bits per heavy atom. The predicted molar refractivity (Wildman–Crippen MR) is 102 cm³/mol. The van der Waals surface area contributed by atoms with E-state index in [-0.39, 0.29) is 0 Å². The molecular weight excluding hydrogens is 310 g/mol. The summed E-state index contributed by atoms with van der Waals surface area (Å²) in [6.45, 7) is 4.52. The summed E-state index contributed by atoms with van der Waals surface area (Å²) < 4.78 is 0. The Hall–Kier alpha value is -2.43. The van der Waals surface area contributed by atoms with E-state index < -0.39 is 6.10 Å². The highest BCUT2D eigenvalue weighted by Crippen LogP contribution is 2.20. The molecule has 1 aromatic heterocycles. The zero-order chi connectivity index (χ0) is 17.1. The maximum atomic E-state index is 10.6. The first-order valence-corrected chi connectivity index (χ1v) is 8.86. The van der Waals surface area contributed by atoms with E-state index in [1.54, 1.807) is 0 Å². The third-order valence-electron chi connectivity index (χ3n) is 4.89. The Kier molecular flexibility index (Phi) is 4.63. The number of rotatable bonds is 4. The van der Waals surface area contributed by atoms with Gasteiger partial charge in [-0.25, -0.2) is 0 Å². The zero-order valence-electron chi connectivity index (χ0n) is 14.3. The molecule has 0 aliphatic carbocycles. The fraction of sp³-hybridized carbons (Fsp3) is 0.286. The first kappa shape index (κ1) is 16.1. The van der Waals surface area contributed by atoms with Crippen molar-refractivity contribution in [3.8, 4) is 0 Å². The summed E-state index contributed by atoms with van der Waals surface area (Å²) in [6.07, 6.45) is -0.548. The number of fused-ring (bicyclic) bond motifs is 1. The van der Waals surface area contributed by atoms with Crippen LogP contribution in [0.3, 0.4) is 0 Å². The lowest BCUT2D eigenvalue weighted by atomic mass is 10.1. The molecule has 4 heteroatoms. The molecule has 0 spiro atoms. The van der Waals surface area contributed by atoms with Gasteiger partial charge in [0.15, 0.2) is 0 Å². The average molecular weight is 333 g/mol. The molecule has 2 aromatic carbocycles. The minimum Gasteiger partial charge on any atom is -0.385 e. The van der Waals surface area contributed by atoms with Gasteiger partial charge in [-0.15, -0.1) is 0 Å². The summed E-state index contributed by atoms with van der Waals surface area (Å²) >= 11 is 0. The van der Waals surface area contributed by atoms with Crippen molar-refractivity contribution in [2.75, 3.05) is 37.6 Å². The van der Waals surface area contributed by atoms with Crippen LogP contribution in [0, 0.1) is 0 Å². The highest BCUT2D eigenvalue weighted by molar-refractivity contribution is 5.78. The molecule has 1 fully saturated rings. The molecule has 1 saturated heterocycles. The number of aliphatic hydroxyl groups is 1. The first-order valence-electron chi connectivity index (χ1n) is 8.86. The molecule has 128 valence electrons. The second-order valence-electron chi connectivity index (χ2n) is 6.57. The summed E-state index contributed by atoms with van der Waals surface area (Å²) in [7, 11) is 0. The van der Waals surface area contributed by atoms with E-state index in [4.69, 9.17) is 0 Å². The lowest BCUT2D eigenvalue weighted by Gasteiger charge is -2.36. The summed E-state index contributed by atoms with van der Waals surface area (Å²) in [5.74, 6) is 0. The number of pyridine rings is 1. The van der Waals surface area contributed by atoms with E-state index in [1.165, 1.54) is 5.69 Å². The van der Waals surface area contributed by atoms with Gasteiger partial charge in [0.05, 0.1) is 11.2 Å². The molecule has 4 rings (SSSR count). The van der Waals surface area contributed by atoms with E-state index >= 15 is 0 Å². The van der Waals surface area contributed by atoms with Crippen LogP contribution in [0.25, 0.3) is 10.9 Å². The van der Waals surface area contributed by atoms with Gasteiger partial charge in [-0.3, -0.25) is 9.88 Å². The van der Waals surface area contributed by atoms with E-state index in [0.717, 1.165) is 42.8 Å². The van der Waals surface area contributed by atoms with Crippen LogP contribution in [-0.4, -0.2) is 47.7 Å². The quantitative estimate of drug-likeness (QED) is 0.796. The van der Waals surface area contributed by atoms with Gasteiger partial charge in [-0.1, -0.05) is 42.5 Å². The first-order chi connectivity index (χ1) is 12.3. The van der Waals surface area contributed by atoms with E-state index in [9.17, 15) is 5.11 Å². The fourth-order valence-electron chi connectivity index (χ4n) is 3.43. The third kappa shape index (κ3) is 3.65. The molecule has 1 aliphatic heterocycles. The van der Waals surface area contributed by atoms with Gasteiger partial charge < -0.3 is 10.0 Å². The predicted octanol–water partition coefficient (Wildman–Crippen LogP) is 3.09. The smallest absolute Gasteiger partial charge is 0.109 e. The topological polar surface area (TPSA) is 39.6 Å². The van der Waals surface area contributed by atoms with Gasteiger partial charge in [-0.2, -0.15) is 0 Å². The number of hydrogen-bond donors (Lipinski definition) is 1. The van der Waals surface area contributed by atoms with Gasteiger partial charge in [-0.05, 0) is 24.3 Å². The van der Waals surface area contributed by atoms with Crippen LogP contribution in [0.4, 0.5) is 5.69 Å². The van der Waals surface area contributed by atoms with Crippen molar-refractivity contribution in [3.05, 3.63) is 72.4 Å². The van der Waals surface area contributed by atoms with Crippen molar-refractivity contribution in [2.45, 2.75) is 6.10 Å². The van der Waals surface area contributed by atoms with Crippen molar-refractivity contribution in [1.29, 1.82) is 0 Å². The van der Waals surface area contributed by atoms with E-state index in [2.05, 4.69) is 39.0 Å². The molecule has 3 aromatic rings. The summed E-state index contributed by atoms with van der Waals surface area (Å²) in [5.41, 5.74) is 2.97. The van der Waals surface area contributed by atoms with Crippen LogP contribution >= 0.6 is 0 Å². The molecule has 1 aliphatic rings. The Morgan fingerprint density at radius 3 is 2.36 bits per heavy atom. The van der Waals surface area contributed by atoms with E-state index in [1.807, 2.05) is 42.5 Å². The van der Waals surface area contributed by atoms with Crippen molar-refractivity contribution in [3.63, 3.8) is 0 Å². The number of hydrogen-bond acceptors (Lipinski definition) is 4. The van der Waals surface area contributed by atoms with Gasteiger partial charge in [0.25, 0.3) is 0 Å². The average Bonchev–Trinajstić information content (AvgIpc) is 2.69. The molecule has 0 radical (unpaired) electrons. The van der Waals surface area contributed by atoms with Crippen LogP contribution in [0.5, 0.6) is 0 Å². The number of piperazine rings is 1. The largest absolute Gasteiger partial charge is 0.385 e. The maximum absolute atomic E-state index is 10.6. The van der Waals surface area contributed by atoms with Gasteiger partial charge in [0.2, 0.25) is 0 Å². The molecule has 2 heterocycles. The number of β-amino-alcohol motifs (C(OH)–C–C–N with tert-alkyl or cyclic N) is 1. The Bertz CT molecular complexity index is 829. The van der Waals surface area contributed by atoms with Crippen LogP contribution in [0.1, 0.15) is 11.8 Å². The van der Waals surface area contributed by atoms with Crippen molar-refractivity contribution in [2.24, 2.45) is 0 Å². The number of anilines is 1. The molecule has 0 bridgehead atoms. The standard InChI is InChI=1S/C21H23N3O/c25-21(20-11-10-17-6-4-5-9-19(17)22-20)16-23-12-14-24(15-13-23)18-7-2-1-3-8-18/h1-11,21,25H,12-16H2. The number of para-hydroxylation sites is 2. The SMILES string of the molecule is OC(CN1CCN(c2ccccc2)CC1)c1ccc2ccccc2n1. The monoisotopic (exact) mass is 333 g/mol. The Labute approximate surface area is 148 Å². The number of aromatic nitrogens is 1. The highest BCUT2D eigenvalue weighted by Gasteiger charge is 2.20. The third-order valence-corrected chi connectivity index (χ3v) is 4.89. The summed E-state index contributed by atoms with van der Waals surface area (Å²) in [5, 5.41) is 11.7. The van der Waals surface area contributed by atoms with Gasteiger partial charge >= 0.3 is 0 Å². The molecule has 1 unspecified atom stereocenters.